The summed E-state index contributed by atoms with van der Waals surface area (Å²) >= 11 is 0. The maximum Gasteiger partial charge on any atom is 0.134 e. The molecule has 0 aliphatic heterocycles. The maximum atomic E-state index is 15.1. The van der Waals surface area contributed by atoms with E-state index in [-0.39, 0.29) is 11.6 Å². The molecule has 0 aliphatic rings. The van der Waals surface area contributed by atoms with Crippen molar-refractivity contribution >= 4 is 0 Å². The SMILES string of the molecule is CCCOc1ccc(-c2ccc(CCc3cc(OC)c(C#Cc4ccc(-c5ccc(C)cc5F)cc4)cc3F)cc2)cc1. The largest absolute Gasteiger partial charge is 0.495 e. The Labute approximate surface area is 253 Å². The average Bonchev–Trinajstić information content (AvgIpc) is 3.03. The van der Waals surface area contributed by atoms with Crippen molar-refractivity contribution in [2.75, 3.05) is 13.7 Å². The Morgan fingerprint density at radius 1 is 0.674 bits per heavy atom. The Morgan fingerprint density at radius 3 is 2.00 bits per heavy atom. The van der Waals surface area contributed by atoms with Crippen LogP contribution in [0.5, 0.6) is 11.5 Å². The summed E-state index contributed by atoms with van der Waals surface area (Å²) in [5.41, 5.74) is 7.38. The highest BCUT2D eigenvalue weighted by Crippen LogP contribution is 2.27. The van der Waals surface area contributed by atoms with Crippen LogP contribution >= 0.6 is 0 Å². The van der Waals surface area contributed by atoms with Gasteiger partial charge >= 0.3 is 0 Å². The van der Waals surface area contributed by atoms with Gasteiger partial charge in [0.05, 0.1) is 19.3 Å². The van der Waals surface area contributed by atoms with Crippen molar-refractivity contribution in [2.24, 2.45) is 0 Å². The Bertz CT molecular complexity index is 1740. The van der Waals surface area contributed by atoms with Gasteiger partial charge in [-0.1, -0.05) is 79.4 Å². The monoisotopic (exact) mass is 572 g/mol. The lowest BCUT2D eigenvalue weighted by atomic mass is 9.99. The van der Waals surface area contributed by atoms with Gasteiger partial charge in [-0.2, -0.15) is 0 Å². The summed E-state index contributed by atoms with van der Waals surface area (Å²) in [7, 11) is 1.56. The minimum absolute atomic E-state index is 0.254. The zero-order valence-corrected chi connectivity index (χ0v) is 24.7. The van der Waals surface area contributed by atoms with E-state index < -0.39 is 0 Å². The number of rotatable bonds is 9. The topological polar surface area (TPSA) is 18.5 Å². The minimum atomic E-state index is -0.308. The molecular weight excluding hydrogens is 538 g/mol. The summed E-state index contributed by atoms with van der Waals surface area (Å²) in [5, 5.41) is 0. The van der Waals surface area contributed by atoms with Crippen LogP contribution in [0.3, 0.4) is 0 Å². The van der Waals surface area contributed by atoms with Gasteiger partial charge in [0.1, 0.15) is 23.1 Å². The van der Waals surface area contributed by atoms with Gasteiger partial charge in [0.25, 0.3) is 0 Å². The van der Waals surface area contributed by atoms with E-state index in [1.165, 1.54) is 12.1 Å². The van der Waals surface area contributed by atoms with Crippen molar-refractivity contribution in [3.05, 3.63) is 143 Å². The first-order chi connectivity index (χ1) is 20.9. The fourth-order valence-corrected chi connectivity index (χ4v) is 4.89. The quantitative estimate of drug-likeness (QED) is 0.164. The molecule has 0 aliphatic carbocycles. The van der Waals surface area contributed by atoms with Crippen LogP contribution in [0.15, 0.2) is 103 Å². The molecule has 2 nitrogen and oxygen atoms in total. The molecule has 4 heteroatoms. The lowest BCUT2D eigenvalue weighted by Crippen LogP contribution is -1.99. The molecule has 5 aromatic rings. The minimum Gasteiger partial charge on any atom is -0.495 e. The van der Waals surface area contributed by atoms with Crippen LogP contribution in [0.25, 0.3) is 22.3 Å². The van der Waals surface area contributed by atoms with Gasteiger partial charge in [-0.3, -0.25) is 0 Å². The normalized spacial score (nSPS) is 10.6. The lowest BCUT2D eigenvalue weighted by Gasteiger charge is -2.10. The highest BCUT2D eigenvalue weighted by Gasteiger charge is 2.11. The van der Waals surface area contributed by atoms with Crippen LogP contribution in [0.2, 0.25) is 0 Å². The van der Waals surface area contributed by atoms with Crippen molar-refractivity contribution in [3.63, 3.8) is 0 Å². The lowest BCUT2D eigenvalue weighted by molar-refractivity contribution is 0.317. The van der Waals surface area contributed by atoms with Gasteiger partial charge in [-0.25, -0.2) is 8.78 Å². The van der Waals surface area contributed by atoms with Crippen LogP contribution in [0.4, 0.5) is 8.78 Å². The zero-order valence-electron chi connectivity index (χ0n) is 24.7. The average molecular weight is 573 g/mol. The molecule has 0 N–H and O–H groups in total. The third-order valence-electron chi connectivity index (χ3n) is 7.33. The van der Waals surface area contributed by atoms with Gasteiger partial charge in [-0.05, 0) is 102 Å². The highest BCUT2D eigenvalue weighted by atomic mass is 19.1. The molecule has 0 atom stereocenters. The van der Waals surface area contributed by atoms with Gasteiger partial charge in [0, 0.05) is 11.1 Å². The molecule has 0 bridgehead atoms. The van der Waals surface area contributed by atoms with Crippen LogP contribution in [0.1, 0.15) is 41.2 Å². The van der Waals surface area contributed by atoms with Crippen molar-refractivity contribution in [3.8, 4) is 45.6 Å². The van der Waals surface area contributed by atoms with Crippen molar-refractivity contribution in [2.45, 2.75) is 33.1 Å². The predicted molar refractivity (Wildman–Crippen MR) is 171 cm³/mol. The molecular formula is C39H34F2O2. The molecule has 5 aromatic carbocycles. The Morgan fingerprint density at radius 2 is 1.35 bits per heavy atom. The highest BCUT2D eigenvalue weighted by molar-refractivity contribution is 5.66. The van der Waals surface area contributed by atoms with E-state index >= 15 is 4.39 Å². The molecule has 5 rings (SSSR count). The molecule has 0 heterocycles. The van der Waals surface area contributed by atoms with E-state index in [0.717, 1.165) is 45.6 Å². The molecule has 0 fully saturated rings. The number of benzene rings is 5. The molecule has 0 aromatic heterocycles. The Kier molecular flexibility index (Phi) is 9.54. The maximum absolute atomic E-state index is 15.1. The summed E-state index contributed by atoms with van der Waals surface area (Å²) in [6.45, 7) is 4.66. The summed E-state index contributed by atoms with van der Waals surface area (Å²) in [4.78, 5) is 0. The number of ether oxygens (including phenoxy) is 2. The summed E-state index contributed by atoms with van der Waals surface area (Å²) < 4.78 is 40.7. The summed E-state index contributed by atoms with van der Waals surface area (Å²) in [6.07, 6.45) is 2.21. The van der Waals surface area contributed by atoms with E-state index in [2.05, 4.69) is 55.2 Å². The number of halogens is 2. The standard InChI is InChI=1S/C39H34F2O2/c1-4-23-43-35-20-18-31(19-21-35)30-12-6-28(7-13-30)10-16-33-26-39(42-3)34(25-37(33)40)17-11-29-8-14-32(15-9-29)36-22-5-27(2)24-38(36)41/h5-9,12-15,18-22,24-26H,4,10,16,23H2,1-3H3. The van der Waals surface area contributed by atoms with Gasteiger partial charge in [-0.15, -0.1) is 0 Å². The molecule has 0 spiro atoms. The van der Waals surface area contributed by atoms with Crippen molar-refractivity contribution < 1.29 is 18.3 Å². The van der Waals surface area contributed by atoms with E-state index in [9.17, 15) is 4.39 Å². The van der Waals surface area contributed by atoms with E-state index in [1.54, 1.807) is 19.2 Å². The second kappa shape index (κ2) is 13.9. The van der Waals surface area contributed by atoms with Gasteiger partial charge < -0.3 is 9.47 Å². The summed E-state index contributed by atoms with van der Waals surface area (Å²) in [5.74, 6) is 6.96. The van der Waals surface area contributed by atoms with E-state index in [1.807, 2.05) is 49.4 Å². The second-order valence-electron chi connectivity index (χ2n) is 10.5. The van der Waals surface area contributed by atoms with Gasteiger partial charge in [0.2, 0.25) is 0 Å². The Balaban J connectivity index is 1.24. The third-order valence-corrected chi connectivity index (χ3v) is 7.33. The van der Waals surface area contributed by atoms with Crippen LogP contribution in [-0.4, -0.2) is 13.7 Å². The fraction of sp³-hybridized carbons (Fsp3) is 0.179. The molecule has 216 valence electrons. The van der Waals surface area contributed by atoms with Crippen LogP contribution in [-0.2, 0) is 12.8 Å². The van der Waals surface area contributed by atoms with Crippen LogP contribution < -0.4 is 9.47 Å². The number of aryl methyl sites for hydroxylation is 3. The smallest absolute Gasteiger partial charge is 0.134 e. The third kappa shape index (κ3) is 7.50. The van der Waals surface area contributed by atoms with Crippen molar-refractivity contribution in [1.82, 2.24) is 0 Å². The second-order valence-corrected chi connectivity index (χ2v) is 10.5. The van der Waals surface area contributed by atoms with E-state index in [0.29, 0.717) is 41.9 Å². The molecule has 0 amide bonds. The first-order valence-electron chi connectivity index (χ1n) is 14.5. The molecule has 43 heavy (non-hydrogen) atoms. The fourth-order valence-electron chi connectivity index (χ4n) is 4.89. The zero-order chi connectivity index (χ0) is 30.2. The Hall–Kier alpha value is -4.88. The summed E-state index contributed by atoms with van der Waals surface area (Å²) in [6, 6.07) is 32.2. The van der Waals surface area contributed by atoms with Gasteiger partial charge in [0.15, 0.2) is 0 Å². The first-order valence-corrected chi connectivity index (χ1v) is 14.5. The number of hydrogen-bond acceptors (Lipinski definition) is 2. The van der Waals surface area contributed by atoms with Crippen LogP contribution in [0, 0.1) is 30.4 Å². The number of hydrogen-bond donors (Lipinski definition) is 0. The first kappa shape index (κ1) is 29.6. The predicted octanol–water partition coefficient (Wildman–Crippen LogP) is 9.59. The van der Waals surface area contributed by atoms with Crippen molar-refractivity contribution in [1.29, 1.82) is 0 Å². The molecule has 0 unspecified atom stereocenters. The molecule has 0 saturated heterocycles. The number of methoxy groups -OCH3 is 1. The molecule has 0 radical (unpaired) electrons. The molecule has 0 saturated carbocycles. The van der Waals surface area contributed by atoms with E-state index in [4.69, 9.17) is 9.47 Å².